The molecule has 104 valence electrons. The molecule has 2 aliphatic heterocycles. The van der Waals surface area contributed by atoms with E-state index in [1.165, 1.54) is 12.0 Å². The van der Waals surface area contributed by atoms with Crippen molar-refractivity contribution in [1.82, 2.24) is 10.2 Å². The van der Waals surface area contributed by atoms with Crippen LogP contribution in [0.5, 0.6) is 0 Å². The highest BCUT2D eigenvalue weighted by atomic mass is 16.3. The third-order valence-corrected chi connectivity index (χ3v) is 4.72. The van der Waals surface area contributed by atoms with Gasteiger partial charge in [0.25, 0.3) is 0 Å². The lowest BCUT2D eigenvalue weighted by Gasteiger charge is -2.48. The van der Waals surface area contributed by atoms with E-state index in [1.807, 2.05) is 0 Å². The molecule has 1 aromatic carbocycles. The molecule has 19 heavy (non-hydrogen) atoms. The molecule has 0 aromatic heterocycles. The third kappa shape index (κ3) is 2.83. The molecule has 2 heterocycles. The number of aliphatic hydroxyl groups excluding tert-OH is 1. The third-order valence-electron chi connectivity index (χ3n) is 4.72. The largest absolute Gasteiger partial charge is 0.392 e. The molecule has 0 aliphatic carbocycles. The number of piperidine rings is 2. The highest BCUT2D eigenvalue weighted by Gasteiger charge is 2.42. The summed E-state index contributed by atoms with van der Waals surface area (Å²) in [5, 5.41) is 13.9. The zero-order valence-electron chi connectivity index (χ0n) is 11.5. The molecule has 0 saturated carbocycles. The van der Waals surface area contributed by atoms with Gasteiger partial charge in [0.1, 0.15) is 0 Å². The smallest absolute Gasteiger partial charge is 0.0633 e. The van der Waals surface area contributed by atoms with Crippen molar-refractivity contribution in [3.05, 3.63) is 35.9 Å². The first-order chi connectivity index (χ1) is 9.28. The number of hydrogen-bond acceptors (Lipinski definition) is 3. The lowest BCUT2D eigenvalue weighted by atomic mass is 9.72. The van der Waals surface area contributed by atoms with E-state index in [0.717, 1.165) is 45.6 Å². The van der Waals surface area contributed by atoms with E-state index in [4.69, 9.17) is 0 Å². The summed E-state index contributed by atoms with van der Waals surface area (Å²) in [4.78, 5) is 2.51. The van der Waals surface area contributed by atoms with Gasteiger partial charge in [0, 0.05) is 25.0 Å². The predicted octanol–water partition coefficient (Wildman–Crippen LogP) is 1.62. The zero-order valence-corrected chi connectivity index (χ0v) is 11.5. The van der Waals surface area contributed by atoms with Crippen LogP contribution in [0.4, 0.5) is 0 Å². The Bertz CT molecular complexity index is 404. The van der Waals surface area contributed by atoms with Crippen LogP contribution in [0.3, 0.4) is 0 Å². The van der Waals surface area contributed by atoms with Crippen molar-refractivity contribution in [1.29, 1.82) is 0 Å². The normalized spacial score (nSPS) is 32.6. The molecule has 2 aliphatic rings. The van der Waals surface area contributed by atoms with Gasteiger partial charge in [-0.25, -0.2) is 0 Å². The van der Waals surface area contributed by atoms with Gasteiger partial charge in [0.05, 0.1) is 6.10 Å². The van der Waals surface area contributed by atoms with Crippen LogP contribution in [0, 0.1) is 5.41 Å². The number of hydrogen-bond donors (Lipinski definition) is 2. The van der Waals surface area contributed by atoms with Gasteiger partial charge in [0.2, 0.25) is 0 Å². The molecule has 3 heteroatoms. The first-order valence-corrected chi connectivity index (χ1v) is 7.44. The quantitative estimate of drug-likeness (QED) is 0.848. The van der Waals surface area contributed by atoms with Gasteiger partial charge < -0.3 is 10.4 Å². The van der Waals surface area contributed by atoms with Crippen LogP contribution < -0.4 is 5.32 Å². The molecule has 0 bridgehead atoms. The predicted molar refractivity (Wildman–Crippen MR) is 76.9 cm³/mol. The number of likely N-dealkylation sites (tertiary alicyclic amines) is 1. The van der Waals surface area contributed by atoms with Crippen molar-refractivity contribution in [3.63, 3.8) is 0 Å². The SMILES string of the molecule is OC1CCNCC12CCCN(Cc1ccccc1)C2. The summed E-state index contributed by atoms with van der Waals surface area (Å²) in [7, 11) is 0. The van der Waals surface area contributed by atoms with Gasteiger partial charge in [-0.05, 0) is 37.9 Å². The van der Waals surface area contributed by atoms with Crippen LogP contribution in [0.2, 0.25) is 0 Å². The van der Waals surface area contributed by atoms with Crippen molar-refractivity contribution in [2.24, 2.45) is 5.41 Å². The lowest BCUT2D eigenvalue weighted by molar-refractivity contribution is -0.0514. The summed E-state index contributed by atoms with van der Waals surface area (Å²) >= 11 is 0. The van der Waals surface area contributed by atoms with Crippen LogP contribution in [-0.2, 0) is 6.54 Å². The number of benzene rings is 1. The summed E-state index contributed by atoms with van der Waals surface area (Å²) in [6.45, 7) is 5.12. The number of nitrogens with one attached hydrogen (secondary N) is 1. The maximum Gasteiger partial charge on any atom is 0.0633 e. The van der Waals surface area contributed by atoms with Crippen molar-refractivity contribution in [2.75, 3.05) is 26.2 Å². The summed E-state index contributed by atoms with van der Waals surface area (Å²) in [5.41, 5.74) is 1.46. The minimum Gasteiger partial charge on any atom is -0.392 e. The van der Waals surface area contributed by atoms with Gasteiger partial charge in [-0.3, -0.25) is 4.90 Å². The Hall–Kier alpha value is -0.900. The van der Waals surface area contributed by atoms with Crippen molar-refractivity contribution >= 4 is 0 Å². The summed E-state index contributed by atoms with van der Waals surface area (Å²) in [5.74, 6) is 0. The second kappa shape index (κ2) is 5.61. The average Bonchev–Trinajstić information content (AvgIpc) is 2.44. The highest BCUT2D eigenvalue weighted by molar-refractivity contribution is 5.14. The molecule has 1 spiro atoms. The molecular formula is C16H24N2O. The molecule has 3 rings (SSSR count). The molecular weight excluding hydrogens is 236 g/mol. The zero-order chi connectivity index (χ0) is 13.1. The molecule has 0 radical (unpaired) electrons. The highest BCUT2D eigenvalue weighted by Crippen LogP contribution is 2.36. The first-order valence-electron chi connectivity index (χ1n) is 7.44. The van der Waals surface area contributed by atoms with Crippen molar-refractivity contribution < 1.29 is 5.11 Å². The molecule has 3 nitrogen and oxygen atoms in total. The molecule has 2 saturated heterocycles. The Labute approximate surface area is 115 Å². The second-order valence-corrected chi connectivity index (χ2v) is 6.14. The van der Waals surface area contributed by atoms with Crippen LogP contribution >= 0.6 is 0 Å². The monoisotopic (exact) mass is 260 g/mol. The Morgan fingerprint density at radius 1 is 1.32 bits per heavy atom. The van der Waals surface area contributed by atoms with Gasteiger partial charge in [-0.1, -0.05) is 30.3 Å². The van der Waals surface area contributed by atoms with Crippen molar-refractivity contribution in [3.8, 4) is 0 Å². The Kier molecular flexibility index (Phi) is 3.87. The van der Waals surface area contributed by atoms with E-state index in [9.17, 15) is 5.11 Å². The van der Waals surface area contributed by atoms with Crippen molar-refractivity contribution in [2.45, 2.75) is 31.9 Å². The van der Waals surface area contributed by atoms with Crippen LogP contribution in [0.15, 0.2) is 30.3 Å². The minimum absolute atomic E-state index is 0.0886. The molecule has 0 amide bonds. The Morgan fingerprint density at radius 2 is 2.16 bits per heavy atom. The number of rotatable bonds is 2. The van der Waals surface area contributed by atoms with E-state index < -0.39 is 0 Å². The van der Waals surface area contributed by atoms with Crippen LogP contribution in [0.1, 0.15) is 24.8 Å². The Balaban J connectivity index is 1.67. The molecule has 2 fully saturated rings. The fourth-order valence-electron chi connectivity index (χ4n) is 3.65. The van der Waals surface area contributed by atoms with E-state index in [1.54, 1.807) is 0 Å². The molecule has 2 atom stereocenters. The second-order valence-electron chi connectivity index (χ2n) is 6.14. The summed E-state index contributed by atoms with van der Waals surface area (Å²) < 4.78 is 0. The topological polar surface area (TPSA) is 35.5 Å². The van der Waals surface area contributed by atoms with Gasteiger partial charge in [-0.15, -0.1) is 0 Å². The molecule has 2 unspecified atom stereocenters. The van der Waals surface area contributed by atoms with Crippen LogP contribution in [-0.4, -0.2) is 42.3 Å². The number of nitrogens with zero attached hydrogens (tertiary/aromatic N) is 1. The van der Waals surface area contributed by atoms with Gasteiger partial charge in [-0.2, -0.15) is 0 Å². The maximum atomic E-state index is 10.4. The molecule has 1 aromatic rings. The number of aliphatic hydroxyl groups is 1. The van der Waals surface area contributed by atoms with E-state index >= 15 is 0 Å². The summed E-state index contributed by atoms with van der Waals surface area (Å²) in [6.07, 6.45) is 3.13. The van der Waals surface area contributed by atoms with Gasteiger partial charge in [0.15, 0.2) is 0 Å². The fraction of sp³-hybridized carbons (Fsp3) is 0.625. The average molecular weight is 260 g/mol. The van der Waals surface area contributed by atoms with E-state index in [-0.39, 0.29) is 11.5 Å². The Morgan fingerprint density at radius 3 is 2.95 bits per heavy atom. The van der Waals surface area contributed by atoms with E-state index in [2.05, 4.69) is 40.5 Å². The lowest BCUT2D eigenvalue weighted by Crippen LogP contribution is -2.57. The maximum absolute atomic E-state index is 10.4. The standard InChI is InChI=1S/C16H24N2O/c19-15-7-9-17-12-16(15)8-4-10-18(13-16)11-14-5-2-1-3-6-14/h1-3,5-6,15,17,19H,4,7-13H2. The van der Waals surface area contributed by atoms with Gasteiger partial charge >= 0.3 is 0 Å². The fourth-order valence-corrected chi connectivity index (χ4v) is 3.65. The van der Waals surface area contributed by atoms with E-state index in [0.29, 0.717) is 0 Å². The van der Waals surface area contributed by atoms with Crippen LogP contribution in [0.25, 0.3) is 0 Å². The molecule has 2 N–H and O–H groups in total. The minimum atomic E-state index is -0.132. The first kappa shape index (κ1) is 13.1. The summed E-state index contributed by atoms with van der Waals surface area (Å²) in [6, 6.07) is 10.7.